The molecule has 0 radical (unpaired) electrons. The molecule has 162 valence electrons. The maximum atomic E-state index is 11.0. The zero-order valence-electron chi connectivity index (χ0n) is 17.0. The number of halogens is 1. The number of nitrogens with zero attached hydrogens (tertiary/aromatic N) is 1. The Labute approximate surface area is 185 Å². The Balaban J connectivity index is 0.00000729. The maximum absolute atomic E-state index is 11.0. The standard InChI is InChI=1S/C18H31N3O5S.HI/c1-5-19-18(21-10-11-26-12-13-27(4,22)23)20-9-8-15-6-7-16(24-2)17(14-15)25-3;/h6-7,14H,5,8-13H2,1-4H3,(H2,19,20,21);1H. The highest BCUT2D eigenvalue weighted by molar-refractivity contribution is 14.0. The Bertz CT molecular complexity index is 698. The summed E-state index contributed by atoms with van der Waals surface area (Å²) in [6.07, 6.45) is 2.00. The molecule has 0 aromatic heterocycles. The Kier molecular flexibility index (Phi) is 14.0. The van der Waals surface area contributed by atoms with Gasteiger partial charge in [-0.25, -0.2) is 8.42 Å². The first-order valence-electron chi connectivity index (χ1n) is 8.88. The molecule has 0 fully saturated rings. The van der Waals surface area contributed by atoms with E-state index in [-0.39, 0.29) is 36.3 Å². The topological polar surface area (TPSA) is 98.3 Å². The molecule has 1 aromatic rings. The predicted octanol–water partition coefficient (Wildman–Crippen LogP) is 1.48. The molecular weight excluding hydrogens is 497 g/mol. The first kappa shape index (κ1) is 26.7. The Morgan fingerprint density at radius 3 is 2.43 bits per heavy atom. The molecule has 1 aromatic carbocycles. The van der Waals surface area contributed by atoms with Gasteiger partial charge in [0.25, 0.3) is 0 Å². The number of guanidine groups is 1. The third-order valence-corrected chi connectivity index (χ3v) is 4.51. The van der Waals surface area contributed by atoms with Crippen molar-refractivity contribution in [3.63, 3.8) is 0 Å². The van der Waals surface area contributed by atoms with E-state index in [9.17, 15) is 8.42 Å². The van der Waals surface area contributed by atoms with Gasteiger partial charge < -0.3 is 24.8 Å². The summed E-state index contributed by atoms with van der Waals surface area (Å²) >= 11 is 0. The number of aliphatic imine (C=N–C) groups is 1. The lowest BCUT2D eigenvalue weighted by Crippen LogP contribution is -2.38. The highest BCUT2D eigenvalue weighted by Gasteiger charge is 2.05. The van der Waals surface area contributed by atoms with Gasteiger partial charge in [-0.1, -0.05) is 6.07 Å². The number of methoxy groups -OCH3 is 2. The third-order valence-electron chi connectivity index (χ3n) is 3.60. The summed E-state index contributed by atoms with van der Waals surface area (Å²) in [5, 5.41) is 6.43. The van der Waals surface area contributed by atoms with Crippen molar-refractivity contribution in [2.45, 2.75) is 13.3 Å². The van der Waals surface area contributed by atoms with Gasteiger partial charge in [-0.2, -0.15) is 0 Å². The average molecular weight is 529 g/mol. The van der Waals surface area contributed by atoms with Gasteiger partial charge in [-0.3, -0.25) is 4.99 Å². The van der Waals surface area contributed by atoms with Crippen LogP contribution in [0.1, 0.15) is 12.5 Å². The molecule has 8 nitrogen and oxygen atoms in total. The summed E-state index contributed by atoms with van der Waals surface area (Å²) in [5.41, 5.74) is 1.13. The third kappa shape index (κ3) is 11.5. The molecule has 0 saturated heterocycles. The average Bonchev–Trinajstić information content (AvgIpc) is 2.63. The van der Waals surface area contributed by atoms with Crippen LogP contribution in [0.4, 0.5) is 0 Å². The summed E-state index contributed by atoms with van der Waals surface area (Å²) in [6, 6.07) is 5.85. The van der Waals surface area contributed by atoms with Gasteiger partial charge in [-0.15, -0.1) is 24.0 Å². The minimum absolute atomic E-state index is 0. The highest BCUT2D eigenvalue weighted by atomic mass is 127. The molecule has 0 aliphatic rings. The number of sulfone groups is 1. The summed E-state index contributed by atoms with van der Waals surface area (Å²) < 4.78 is 37.9. The van der Waals surface area contributed by atoms with Gasteiger partial charge in [0.2, 0.25) is 0 Å². The summed E-state index contributed by atoms with van der Waals surface area (Å²) in [4.78, 5) is 4.42. The molecule has 0 aliphatic heterocycles. The second-order valence-electron chi connectivity index (χ2n) is 5.87. The van der Waals surface area contributed by atoms with E-state index in [1.807, 2.05) is 25.1 Å². The van der Waals surface area contributed by atoms with Gasteiger partial charge in [0.05, 0.1) is 39.7 Å². The fraction of sp³-hybridized carbons (Fsp3) is 0.611. The Morgan fingerprint density at radius 1 is 1.11 bits per heavy atom. The van der Waals surface area contributed by atoms with Crippen molar-refractivity contribution in [2.75, 3.05) is 59.1 Å². The Hall–Kier alpha value is -1.27. The van der Waals surface area contributed by atoms with Crippen LogP contribution in [0.15, 0.2) is 23.2 Å². The number of hydrogen-bond donors (Lipinski definition) is 2. The van der Waals surface area contributed by atoms with Crippen molar-refractivity contribution in [3.05, 3.63) is 23.8 Å². The molecule has 10 heteroatoms. The SMILES string of the molecule is CCNC(=NCCOCCS(C)(=O)=O)NCCc1ccc(OC)c(OC)c1.I. The van der Waals surface area contributed by atoms with Crippen molar-refractivity contribution in [1.29, 1.82) is 0 Å². The highest BCUT2D eigenvalue weighted by Crippen LogP contribution is 2.27. The number of ether oxygens (including phenoxy) is 3. The molecule has 0 atom stereocenters. The molecule has 0 saturated carbocycles. The molecular formula is C18H32IN3O5S. The van der Waals surface area contributed by atoms with E-state index in [0.29, 0.717) is 37.2 Å². The van der Waals surface area contributed by atoms with E-state index in [0.717, 1.165) is 18.5 Å². The normalized spacial score (nSPS) is 11.5. The number of hydrogen-bond acceptors (Lipinski definition) is 6. The summed E-state index contributed by atoms with van der Waals surface area (Å²) in [5.74, 6) is 2.15. The fourth-order valence-corrected chi connectivity index (χ4v) is 2.66. The molecule has 0 bridgehead atoms. The molecule has 28 heavy (non-hydrogen) atoms. The maximum Gasteiger partial charge on any atom is 0.191 e. The van der Waals surface area contributed by atoms with E-state index in [2.05, 4.69) is 15.6 Å². The molecule has 0 aliphatic carbocycles. The van der Waals surface area contributed by atoms with Crippen LogP contribution in [0, 0.1) is 0 Å². The van der Waals surface area contributed by atoms with Gasteiger partial charge >= 0.3 is 0 Å². The van der Waals surface area contributed by atoms with E-state index in [1.54, 1.807) is 14.2 Å². The number of nitrogens with one attached hydrogen (secondary N) is 2. The summed E-state index contributed by atoms with van der Waals surface area (Å²) in [6.45, 7) is 4.47. The lowest BCUT2D eigenvalue weighted by Gasteiger charge is -2.12. The predicted molar refractivity (Wildman–Crippen MR) is 123 cm³/mol. The zero-order valence-corrected chi connectivity index (χ0v) is 20.1. The lowest BCUT2D eigenvalue weighted by molar-refractivity contribution is 0.157. The quantitative estimate of drug-likeness (QED) is 0.183. The van der Waals surface area contributed by atoms with Crippen LogP contribution in [-0.4, -0.2) is 73.5 Å². The van der Waals surface area contributed by atoms with Crippen molar-refractivity contribution < 1.29 is 22.6 Å². The minimum Gasteiger partial charge on any atom is -0.493 e. The second kappa shape index (κ2) is 14.7. The first-order chi connectivity index (χ1) is 12.9. The monoisotopic (exact) mass is 529 g/mol. The Morgan fingerprint density at radius 2 is 1.82 bits per heavy atom. The second-order valence-corrected chi connectivity index (χ2v) is 8.13. The van der Waals surface area contributed by atoms with Crippen LogP contribution in [0.2, 0.25) is 0 Å². The molecule has 0 spiro atoms. The minimum atomic E-state index is -2.99. The van der Waals surface area contributed by atoms with Gasteiger partial charge in [0, 0.05) is 19.3 Å². The van der Waals surface area contributed by atoms with E-state index in [4.69, 9.17) is 14.2 Å². The van der Waals surface area contributed by atoms with E-state index < -0.39 is 9.84 Å². The van der Waals surface area contributed by atoms with Crippen LogP contribution in [0.25, 0.3) is 0 Å². The van der Waals surface area contributed by atoms with Gasteiger partial charge in [0.15, 0.2) is 17.5 Å². The number of rotatable bonds is 12. The van der Waals surface area contributed by atoms with Gasteiger partial charge in [-0.05, 0) is 31.0 Å². The number of benzene rings is 1. The zero-order chi connectivity index (χ0) is 20.1. The largest absolute Gasteiger partial charge is 0.493 e. The van der Waals surface area contributed by atoms with Crippen LogP contribution in [0.5, 0.6) is 11.5 Å². The fourth-order valence-electron chi connectivity index (χ4n) is 2.24. The van der Waals surface area contributed by atoms with E-state index in [1.165, 1.54) is 6.26 Å². The van der Waals surface area contributed by atoms with Crippen molar-refractivity contribution in [1.82, 2.24) is 10.6 Å². The molecule has 1 rings (SSSR count). The molecule has 0 unspecified atom stereocenters. The van der Waals surface area contributed by atoms with Crippen LogP contribution in [0.3, 0.4) is 0 Å². The van der Waals surface area contributed by atoms with Gasteiger partial charge in [0.1, 0.15) is 9.84 Å². The van der Waals surface area contributed by atoms with Crippen molar-refractivity contribution in [2.24, 2.45) is 4.99 Å². The first-order valence-corrected chi connectivity index (χ1v) is 10.9. The van der Waals surface area contributed by atoms with Crippen molar-refractivity contribution in [3.8, 4) is 11.5 Å². The van der Waals surface area contributed by atoms with Crippen LogP contribution >= 0.6 is 24.0 Å². The molecule has 0 amide bonds. The summed E-state index contributed by atoms with van der Waals surface area (Å²) in [7, 11) is 0.247. The van der Waals surface area contributed by atoms with Crippen LogP contribution < -0.4 is 20.1 Å². The van der Waals surface area contributed by atoms with Crippen LogP contribution in [-0.2, 0) is 21.0 Å². The van der Waals surface area contributed by atoms with Crippen molar-refractivity contribution >= 4 is 39.8 Å². The molecule has 0 heterocycles. The van der Waals surface area contributed by atoms with E-state index >= 15 is 0 Å². The molecule has 2 N–H and O–H groups in total. The smallest absolute Gasteiger partial charge is 0.191 e. The lowest BCUT2D eigenvalue weighted by atomic mass is 10.1.